The van der Waals surface area contributed by atoms with E-state index >= 15 is 0 Å². The van der Waals surface area contributed by atoms with Crippen LogP contribution in [-0.2, 0) is 0 Å². The molecular weight excluding hydrogens is 274 g/mol. The lowest BCUT2D eigenvalue weighted by Crippen LogP contribution is -2.29. The quantitative estimate of drug-likeness (QED) is 0.785. The fourth-order valence-electron chi connectivity index (χ4n) is 3.54. The minimum absolute atomic E-state index is 0.0164. The summed E-state index contributed by atoms with van der Waals surface area (Å²) in [6.45, 7) is 6.23. The molecule has 0 aromatic heterocycles. The standard InChI is InChI=1S/C18H23N3O/c1-14-6-7-15-16(12-14)17(13-19)21(18(15)22)11-5-4-10-20-8-2-3-9-20/h6-7,12,17H,2-5,8-11H2,1H3. The molecule has 1 aromatic carbocycles. The first-order valence-electron chi connectivity index (χ1n) is 8.24. The van der Waals surface area contributed by atoms with E-state index in [2.05, 4.69) is 11.0 Å². The SMILES string of the molecule is Cc1ccc2c(c1)C(C#N)N(CCCCN1CCCC1)C2=O. The fourth-order valence-corrected chi connectivity index (χ4v) is 3.54. The number of hydrogen-bond donors (Lipinski definition) is 0. The molecule has 1 aromatic rings. The molecule has 0 radical (unpaired) electrons. The van der Waals surface area contributed by atoms with E-state index in [1.165, 1.54) is 25.9 Å². The fraction of sp³-hybridized carbons (Fsp3) is 0.556. The summed E-state index contributed by atoms with van der Waals surface area (Å²) in [7, 11) is 0. The van der Waals surface area contributed by atoms with Crippen LogP contribution in [0.15, 0.2) is 18.2 Å². The minimum atomic E-state index is -0.408. The molecule has 0 N–H and O–H groups in total. The Morgan fingerprint density at radius 3 is 2.68 bits per heavy atom. The molecular formula is C18H23N3O. The molecule has 2 aliphatic heterocycles. The third-order valence-electron chi connectivity index (χ3n) is 4.75. The number of nitriles is 1. The van der Waals surface area contributed by atoms with Crippen molar-refractivity contribution in [2.75, 3.05) is 26.2 Å². The van der Waals surface area contributed by atoms with Gasteiger partial charge in [0.1, 0.15) is 6.04 Å². The second-order valence-corrected chi connectivity index (χ2v) is 6.38. The molecule has 0 bridgehead atoms. The van der Waals surface area contributed by atoms with Crippen LogP contribution in [-0.4, -0.2) is 41.9 Å². The Bertz CT molecular complexity index is 599. The lowest BCUT2D eigenvalue weighted by Gasteiger charge is -2.21. The summed E-state index contributed by atoms with van der Waals surface area (Å²) in [5.41, 5.74) is 2.69. The van der Waals surface area contributed by atoms with Gasteiger partial charge in [0.2, 0.25) is 0 Å². The predicted octanol–water partition coefficient (Wildman–Crippen LogP) is 2.89. The van der Waals surface area contributed by atoms with Crippen LogP contribution in [0.4, 0.5) is 0 Å². The van der Waals surface area contributed by atoms with E-state index in [1.807, 2.05) is 25.1 Å². The lowest BCUT2D eigenvalue weighted by molar-refractivity contribution is 0.0753. The van der Waals surface area contributed by atoms with Gasteiger partial charge >= 0.3 is 0 Å². The summed E-state index contributed by atoms with van der Waals surface area (Å²) in [5, 5.41) is 9.47. The Labute approximate surface area is 132 Å². The number of likely N-dealkylation sites (tertiary alicyclic amines) is 1. The van der Waals surface area contributed by atoms with Crippen LogP contribution in [0.3, 0.4) is 0 Å². The summed E-state index contributed by atoms with van der Waals surface area (Å²) < 4.78 is 0. The lowest BCUT2D eigenvalue weighted by atomic mass is 10.0. The Balaban J connectivity index is 1.59. The number of unbranched alkanes of at least 4 members (excludes halogenated alkanes) is 1. The highest BCUT2D eigenvalue weighted by atomic mass is 16.2. The number of amides is 1. The van der Waals surface area contributed by atoms with E-state index in [0.717, 1.165) is 30.5 Å². The first-order chi connectivity index (χ1) is 10.7. The second-order valence-electron chi connectivity index (χ2n) is 6.38. The van der Waals surface area contributed by atoms with Gasteiger partial charge in [0.15, 0.2) is 0 Å². The molecule has 4 heteroatoms. The first-order valence-corrected chi connectivity index (χ1v) is 8.24. The highest BCUT2D eigenvalue weighted by molar-refractivity contribution is 5.99. The molecule has 0 aliphatic carbocycles. The normalized spacial score (nSPS) is 21.2. The van der Waals surface area contributed by atoms with Crippen LogP contribution in [0.2, 0.25) is 0 Å². The number of carbonyl (C=O) groups is 1. The van der Waals surface area contributed by atoms with Gasteiger partial charge in [0.25, 0.3) is 5.91 Å². The molecule has 1 unspecified atom stereocenters. The second kappa shape index (κ2) is 6.50. The Morgan fingerprint density at radius 1 is 1.23 bits per heavy atom. The maximum absolute atomic E-state index is 12.5. The summed E-state index contributed by atoms with van der Waals surface area (Å²) in [4.78, 5) is 16.7. The third kappa shape index (κ3) is 2.86. The van der Waals surface area contributed by atoms with Gasteiger partial charge in [-0.3, -0.25) is 4.79 Å². The van der Waals surface area contributed by atoms with Crippen molar-refractivity contribution in [2.24, 2.45) is 0 Å². The van der Waals surface area contributed by atoms with E-state index < -0.39 is 6.04 Å². The van der Waals surface area contributed by atoms with E-state index in [1.54, 1.807) is 4.90 Å². The van der Waals surface area contributed by atoms with E-state index in [0.29, 0.717) is 12.1 Å². The average molecular weight is 297 g/mol. The van der Waals surface area contributed by atoms with Gasteiger partial charge in [-0.1, -0.05) is 17.7 Å². The first kappa shape index (κ1) is 15.1. The molecule has 2 heterocycles. The molecule has 116 valence electrons. The molecule has 1 amide bonds. The number of nitrogens with zero attached hydrogens (tertiary/aromatic N) is 3. The Hall–Kier alpha value is -1.86. The monoisotopic (exact) mass is 297 g/mol. The summed E-state index contributed by atoms with van der Waals surface area (Å²) in [6.07, 6.45) is 4.69. The van der Waals surface area contributed by atoms with Gasteiger partial charge in [-0.25, -0.2) is 0 Å². The minimum Gasteiger partial charge on any atom is -0.318 e. The summed E-state index contributed by atoms with van der Waals surface area (Å²) in [6, 6.07) is 7.68. The van der Waals surface area contributed by atoms with Crippen LogP contribution in [0, 0.1) is 18.3 Å². The zero-order valence-electron chi connectivity index (χ0n) is 13.2. The van der Waals surface area contributed by atoms with Gasteiger partial charge in [0, 0.05) is 17.7 Å². The van der Waals surface area contributed by atoms with Gasteiger partial charge < -0.3 is 9.80 Å². The van der Waals surface area contributed by atoms with Crippen molar-refractivity contribution in [1.82, 2.24) is 9.80 Å². The molecule has 1 atom stereocenters. The van der Waals surface area contributed by atoms with Crippen molar-refractivity contribution in [3.8, 4) is 6.07 Å². The average Bonchev–Trinajstić information content (AvgIpc) is 3.11. The number of carbonyl (C=O) groups excluding carboxylic acids is 1. The number of fused-ring (bicyclic) bond motifs is 1. The largest absolute Gasteiger partial charge is 0.318 e. The zero-order valence-corrected chi connectivity index (χ0v) is 13.2. The van der Waals surface area contributed by atoms with Gasteiger partial charge in [0.05, 0.1) is 6.07 Å². The predicted molar refractivity (Wildman–Crippen MR) is 85.5 cm³/mol. The highest BCUT2D eigenvalue weighted by Crippen LogP contribution is 2.33. The topological polar surface area (TPSA) is 47.3 Å². The van der Waals surface area contributed by atoms with E-state index in [4.69, 9.17) is 0 Å². The van der Waals surface area contributed by atoms with Crippen LogP contribution in [0.1, 0.15) is 53.2 Å². The van der Waals surface area contributed by atoms with Gasteiger partial charge in [-0.05, 0) is 58.3 Å². The number of rotatable bonds is 5. The molecule has 3 rings (SSSR count). The van der Waals surface area contributed by atoms with Crippen molar-refractivity contribution in [1.29, 1.82) is 5.26 Å². The maximum Gasteiger partial charge on any atom is 0.255 e. The molecule has 22 heavy (non-hydrogen) atoms. The molecule has 0 spiro atoms. The highest BCUT2D eigenvalue weighted by Gasteiger charge is 2.36. The molecule has 0 saturated carbocycles. The molecule has 1 saturated heterocycles. The van der Waals surface area contributed by atoms with Crippen LogP contribution < -0.4 is 0 Å². The van der Waals surface area contributed by atoms with Crippen LogP contribution in [0.25, 0.3) is 0 Å². The Morgan fingerprint density at radius 2 is 1.95 bits per heavy atom. The van der Waals surface area contributed by atoms with Gasteiger partial charge in [-0.15, -0.1) is 0 Å². The molecule has 1 fully saturated rings. The van der Waals surface area contributed by atoms with Crippen molar-refractivity contribution < 1.29 is 4.79 Å². The van der Waals surface area contributed by atoms with Crippen molar-refractivity contribution >= 4 is 5.91 Å². The van der Waals surface area contributed by atoms with Crippen molar-refractivity contribution in [2.45, 2.75) is 38.6 Å². The Kier molecular flexibility index (Phi) is 4.44. The third-order valence-corrected chi connectivity index (χ3v) is 4.75. The smallest absolute Gasteiger partial charge is 0.255 e. The molecule has 4 nitrogen and oxygen atoms in total. The van der Waals surface area contributed by atoms with Crippen LogP contribution >= 0.6 is 0 Å². The number of benzene rings is 1. The van der Waals surface area contributed by atoms with Crippen LogP contribution in [0.5, 0.6) is 0 Å². The zero-order chi connectivity index (χ0) is 15.5. The number of hydrogen-bond acceptors (Lipinski definition) is 3. The van der Waals surface area contributed by atoms with Gasteiger partial charge in [-0.2, -0.15) is 5.26 Å². The summed E-state index contributed by atoms with van der Waals surface area (Å²) in [5.74, 6) is 0.0164. The summed E-state index contributed by atoms with van der Waals surface area (Å²) >= 11 is 0. The van der Waals surface area contributed by atoms with Crippen molar-refractivity contribution in [3.05, 3.63) is 34.9 Å². The van der Waals surface area contributed by atoms with E-state index in [9.17, 15) is 10.1 Å². The van der Waals surface area contributed by atoms with E-state index in [-0.39, 0.29) is 5.91 Å². The molecule has 2 aliphatic rings. The maximum atomic E-state index is 12.5. The number of aryl methyl sites for hydroxylation is 1. The van der Waals surface area contributed by atoms with Crippen molar-refractivity contribution in [3.63, 3.8) is 0 Å².